The Morgan fingerprint density at radius 2 is 1.97 bits per heavy atom. The van der Waals surface area contributed by atoms with Gasteiger partial charge < -0.3 is 19.5 Å². The van der Waals surface area contributed by atoms with Crippen LogP contribution in [0.25, 0.3) is 10.9 Å². The Labute approximate surface area is 176 Å². The van der Waals surface area contributed by atoms with Gasteiger partial charge in [0.25, 0.3) is 0 Å². The van der Waals surface area contributed by atoms with E-state index in [1.807, 2.05) is 42.6 Å². The van der Waals surface area contributed by atoms with Crippen molar-refractivity contribution in [1.82, 2.24) is 10.3 Å². The zero-order valence-electron chi connectivity index (χ0n) is 17.3. The van der Waals surface area contributed by atoms with Gasteiger partial charge in [0, 0.05) is 29.4 Å². The van der Waals surface area contributed by atoms with E-state index in [0.29, 0.717) is 13.0 Å². The lowest BCUT2D eigenvalue weighted by atomic mass is 9.87. The van der Waals surface area contributed by atoms with Crippen LogP contribution in [0.15, 0.2) is 71.5 Å². The second kappa shape index (κ2) is 8.91. The van der Waals surface area contributed by atoms with Crippen LogP contribution in [0, 0.1) is 0 Å². The number of furan rings is 1. The maximum atomic E-state index is 12.8. The number of hydrogen-bond acceptors (Lipinski definition) is 3. The van der Waals surface area contributed by atoms with Crippen LogP contribution in [-0.2, 0) is 17.8 Å². The van der Waals surface area contributed by atoms with Crippen molar-refractivity contribution in [2.24, 2.45) is 0 Å². The molecule has 5 heteroatoms. The Hall–Kier alpha value is -3.47. The maximum Gasteiger partial charge on any atom is 0.221 e. The van der Waals surface area contributed by atoms with E-state index in [1.54, 1.807) is 13.4 Å². The number of hydrogen-bond donors (Lipinski definition) is 2. The van der Waals surface area contributed by atoms with E-state index in [0.717, 1.165) is 40.0 Å². The number of carbonyl (C=O) groups excluding carboxylic acids is 1. The molecule has 0 aliphatic heterocycles. The van der Waals surface area contributed by atoms with Gasteiger partial charge in [-0.1, -0.05) is 37.3 Å². The summed E-state index contributed by atoms with van der Waals surface area (Å²) in [5, 5.41) is 4.13. The number of H-pyrrole nitrogens is 1. The highest BCUT2D eigenvalue weighted by Gasteiger charge is 2.22. The number of rotatable bonds is 8. The average molecular weight is 402 g/mol. The summed E-state index contributed by atoms with van der Waals surface area (Å²) >= 11 is 0. The summed E-state index contributed by atoms with van der Waals surface area (Å²) < 4.78 is 10.6. The molecule has 0 radical (unpaired) electrons. The van der Waals surface area contributed by atoms with E-state index in [2.05, 4.69) is 35.4 Å². The van der Waals surface area contributed by atoms with Gasteiger partial charge in [0.05, 0.1) is 19.9 Å². The van der Waals surface area contributed by atoms with Crippen molar-refractivity contribution in [2.75, 3.05) is 7.11 Å². The molecule has 0 aliphatic carbocycles. The minimum atomic E-state index is -0.0756. The minimum Gasteiger partial charge on any atom is -0.497 e. The van der Waals surface area contributed by atoms with E-state index in [1.165, 1.54) is 5.56 Å². The number of nitrogens with one attached hydrogen (secondary N) is 2. The molecule has 2 aromatic carbocycles. The summed E-state index contributed by atoms with van der Waals surface area (Å²) in [6.45, 7) is 2.54. The van der Waals surface area contributed by atoms with Gasteiger partial charge in [-0.3, -0.25) is 4.79 Å². The van der Waals surface area contributed by atoms with Crippen LogP contribution < -0.4 is 10.1 Å². The van der Waals surface area contributed by atoms with Gasteiger partial charge in [-0.2, -0.15) is 0 Å². The highest BCUT2D eigenvalue weighted by atomic mass is 16.5. The summed E-state index contributed by atoms with van der Waals surface area (Å²) in [6, 6.07) is 18.0. The number of para-hydroxylation sites is 1. The second-order valence-electron chi connectivity index (χ2n) is 7.32. The van der Waals surface area contributed by atoms with Gasteiger partial charge in [0.2, 0.25) is 5.91 Å². The zero-order valence-corrected chi connectivity index (χ0v) is 17.3. The Bertz CT molecular complexity index is 1110. The first kappa shape index (κ1) is 19.8. The summed E-state index contributed by atoms with van der Waals surface area (Å²) in [5.41, 5.74) is 4.62. The maximum absolute atomic E-state index is 12.8. The van der Waals surface area contributed by atoms with Gasteiger partial charge in [0.1, 0.15) is 11.5 Å². The monoisotopic (exact) mass is 402 g/mol. The molecule has 0 aliphatic rings. The first-order valence-electron chi connectivity index (χ1n) is 10.2. The first-order valence-corrected chi connectivity index (χ1v) is 10.2. The molecule has 154 valence electrons. The summed E-state index contributed by atoms with van der Waals surface area (Å²) in [4.78, 5) is 16.2. The van der Waals surface area contributed by atoms with E-state index in [4.69, 9.17) is 9.15 Å². The molecule has 2 aromatic heterocycles. The molecule has 0 spiro atoms. The minimum absolute atomic E-state index is 0.0202. The smallest absolute Gasteiger partial charge is 0.221 e. The van der Waals surface area contributed by atoms with Crippen LogP contribution in [0.1, 0.15) is 41.7 Å². The van der Waals surface area contributed by atoms with Crippen LogP contribution in [-0.4, -0.2) is 18.0 Å². The Kier molecular flexibility index (Phi) is 5.89. The molecule has 4 aromatic rings. The Balaban J connectivity index is 1.66. The highest BCUT2D eigenvalue weighted by Crippen LogP contribution is 2.35. The number of aryl methyl sites for hydroxylation is 1. The number of carbonyl (C=O) groups is 1. The fourth-order valence-corrected chi connectivity index (χ4v) is 3.92. The van der Waals surface area contributed by atoms with Crippen LogP contribution in [0.5, 0.6) is 5.75 Å². The van der Waals surface area contributed by atoms with Crippen molar-refractivity contribution in [3.05, 3.63) is 89.5 Å². The van der Waals surface area contributed by atoms with Crippen molar-refractivity contribution in [3.8, 4) is 5.75 Å². The Morgan fingerprint density at radius 3 is 2.67 bits per heavy atom. The molecule has 1 unspecified atom stereocenters. The second-order valence-corrected chi connectivity index (χ2v) is 7.32. The molecule has 0 saturated heterocycles. The van der Waals surface area contributed by atoms with E-state index >= 15 is 0 Å². The lowest BCUT2D eigenvalue weighted by Crippen LogP contribution is -2.24. The van der Waals surface area contributed by atoms with Crippen LogP contribution in [0.3, 0.4) is 0 Å². The third-order valence-electron chi connectivity index (χ3n) is 5.54. The molecule has 1 amide bonds. The van der Waals surface area contributed by atoms with Crippen molar-refractivity contribution in [1.29, 1.82) is 0 Å². The summed E-state index contributed by atoms with van der Waals surface area (Å²) in [7, 11) is 1.65. The zero-order chi connectivity index (χ0) is 20.9. The van der Waals surface area contributed by atoms with Crippen molar-refractivity contribution >= 4 is 16.8 Å². The number of aromatic nitrogens is 1. The third kappa shape index (κ3) is 4.10. The van der Waals surface area contributed by atoms with Gasteiger partial charge >= 0.3 is 0 Å². The highest BCUT2D eigenvalue weighted by molar-refractivity contribution is 5.88. The molecule has 0 bridgehead atoms. The van der Waals surface area contributed by atoms with Crippen LogP contribution in [0.2, 0.25) is 0 Å². The number of amides is 1. The number of aromatic amines is 1. The number of ether oxygens (including phenoxy) is 1. The molecule has 1 atom stereocenters. The fraction of sp³-hybridized carbons (Fsp3) is 0.240. The topological polar surface area (TPSA) is 67.3 Å². The average Bonchev–Trinajstić information content (AvgIpc) is 3.46. The van der Waals surface area contributed by atoms with Gasteiger partial charge in [-0.25, -0.2) is 0 Å². The van der Waals surface area contributed by atoms with Crippen molar-refractivity contribution in [2.45, 2.75) is 32.2 Å². The molecule has 2 N–H and O–H groups in total. The number of methoxy groups -OCH3 is 1. The van der Waals surface area contributed by atoms with Crippen LogP contribution in [0.4, 0.5) is 0 Å². The third-order valence-corrected chi connectivity index (χ3v) is 5.54. The van der Waals surface area contributed by atoms with Crippen molar-refractivity contribution < 1.29 is 13.9 Å². The molecule has 0 fully saturated rings. The first-order chi connectivity index (χ1) is 14.7. The van der Waals surface area contributed by atoms with Crippen molar-refractivity contribution in [3.63, 3.8) is 0 Å². The number of fused-ring (bicyclic) bond motifs is 1. The normalized spacial score (nSPS) is 12.1. The SMILES string of the molecule is CCc1cccc2c(C(CC(=O)NCc3ccco3)c3ccc(OC)cc3)c[nH]c12. The Morgan fingerprint density at radius 1 is 1.13 bits per heavy atom. The van der Waals surface area contributed by atoms with E-state index < -0.39 is 0 Å². The number of benzene rings is 2. The molecule has 0 saturated carbocycles. The summed E-state index contributed by atoms with van der Waals surface area (Å²) in [5.74, 6) is 1.44. The van der Waals surface area contributed by atoms with Gasteiger partial charge in [-0.05, 0) is 47.4 Å². The van der Waals surface area contributed by atoms with Gasteiger partial charge in [0.15, 0.2) is 0 Å². The molecular weight excluding hydrogens is 376 g/mol. The van der Waals surface area contributed by atoms with Crippen LogP contribution >= 0.6 is 0 Å². The molecule has 2 heterocycles. The largest absolute Gasteiger partial charge is 0.497 e. The standard InChI is InChI=1S/C25H26N2O3/c1-3-17-6-4-8-21-23(16-27-25(17)21)22(18-9-11-19(29-2)12-10-18)14-24(28)26-15-20-7-5-13-30-20/h4-13,16,22,27H,3,14-15H2,1-2H3,(H,26,28). The summed E-state index contributed by atoms with van der Waals surface area (Å²) in [6.07, 6.45) is 4.95. The van der Waals surface area contributed by atoms with E-state index in [-0.39, 0.29) is 11.8 Å². The fourth-order valence-electron chi connectivity index (χ4n) is 3.92. The quantitative estimate of drug-likeness (QED) is 0.427. The molecule has 30 heavy (non-hydrogen) atoms. The molecular formula is C25H26N2O3. The van der Waals surface area contributed by atoms with Gasteiger partial charge in [-0.15, -0.1) is 0 Å². The molecule has 4 rings (SSSR count). The molecule has 5 nitrogen and oxygen atoms in total. The van der Waals surface area contributed by atoms with E-state index in [9.17, 15) is 4.79 Å². The lowest BCUT2D eigenvalue weighted by molar-refractivity contribution is -0.121. The lowest BCUT2D eigenvalue weighted by Gasteiger charge is -2.18. The predicted molar refractivity (Wildman–Crippen MR) is 118 cm³/mol. The predicted octanol–water partition coefficient (Wildman–Crippen LogP) is 5.17.